The van der Waals surface area contributed by atoms with Gasteiger partial charge >= 0.3 is 0 Å². The largest absolute Gasteiger partial charge is 0.353 e. The molecule has 0 bridgehead atoms. The van der Waals surface area contributed by atoms with E-state index in [1.54, 1.807) is 13.1 Å². The number of pyridine rings is 1. The van der Waals surface area contributed by atoms with E-state index < -0.39 is 0 Å². The van der Waals surface area contributed by atoms with Crippen LogP contribution in [0.2, 0.25) is 0 Å². The Morgan fingerprint density at radius 2 is 2.06 bits per heavy atom. The van der Waals surface area contributed by atoms with Crippen LogP contribution in [0.5, 0.6) is 0 Å². The summed E-state index contributed by atoms with van der Waals surface area (Å²) >= 11 is 0. The average Bonchev–Trinajstić information content (AvgIpc) is 2.39. The third-order valence-corrected chi connectivity index (χ3v) is 3.33. The number of nitrogens with zero attached hydrogens (tertiary/aromatic N) is 3. The van der Waals surface area contributed by atoms with Crippen LogP contribution < -0.4 is 10.6 Å². The maximum atomic E-state index is 11.3. The van der Waals surface area contributed by atoms with Gasteiger partial charge in [0.2, 0.25) is 5.91 Å². The number of hydrogen-bond donors (Lipinski definition) is 1. The van der Waals surface area contributed by atoms with Crippen molar-refractivity contribution in [3.63, 3.8) is 0 Å². The summed E-state index contributed by atoms with van der Waals surface area (Å²) in [5.41, 5.74) is 7.03. The quantitative estimate of drug-likeness (QED) is 0.839. The van der Waals surface area contributed by atoms with E-state index in [0.717, 1.165) is 37.6 Å². The molecule has 2 N–H and O–H groups in total. The van der Waals surface area contributed by atoms with Crippen molar-refractivity contribution in [1.82, 2.24) is 9.88 Å². The molecule has 18 heavy (non-hydrogen) atoms. The summed E-state index contributed by atoms with van der Waals surface area (Å²) in [6, 6.07) is 3.90. The first-order valence-corrected chi connectivity index (χ1v) is 6.30. The van der Waals surface area contributed by atoms with Gasteiger partial charge in [-0.05, 0) is 13.0 Å². The maximum absolute atomic E-state index is 11.3. The summed E-state index contributed by atoms with van der Waals surface area (Å²) in [7, 11) is 0. The van der Waals surface area contributed by atoms with Crippen molar-refractivity contribution in [2.24, 2.45) is 5.73 Å². The van der Waals surface area contributed by atoms with Crippen molar-refractivity contribution in [2.45, 2.75) is 19.9 Å². The lowest BCUT2D eigenvalue weighted by molar-refractivity contribution is -0.129. The van der Waals surface area contributed by atoms with Gasteiger partial charge in [-0.15, -0.1) is 0 Å². The molecular formula is C13H20N4O. The van der Waals surface area contributed by atoms with Crippen molar-refractivity contribution in [3.8, 4) is 0 Å². The van der Waals surface area contributed by atoms with Gasteiger partial charge in [-0.1, -0.05) is 6.07 Å². The highest BCUT2D eigenvalue weighted by Gasteiger charge is 2.21. The van der Waals surface area contributed by atoms with E-state index in [1.165, 1.54) is 0 Å². The SMILES string of the molecule is CC(=O)N1CCN(c2ncccc2[C@@H](C)N)CC1. The van der Waals surface area contributed by atoms with Gasteiger partial charge < -0.3 is 15.5 Å². The molecule has 0 radical (unpaired) electrons. The molecule has 0 unspecified atom stereocenters. The molecule has 2 rings (SSSR count). The van der Waals surface area contributed by atoms with Crippen molar-refractivity contribution in [3.05, 3.63) is 23.9 Å². The minimum Gasteiger partial charge on any atom is -0.353 e. The molecule has 5 heteroatoms. The van der Waals surface area contributed by atoms with Crippen molar-refractivity contribution >= 4 is 11.7 Å². The molecule has 1 aliphatic heterocycles. The molecular weight excluding hydrogens is 228 g/mol. The predicted molar refractivity (Wildman–Crippen MR) is 71.3 cm³/mol. The first-order valence-electron chi connectivity index (χ1n) is 6.30. The van der Waals surface area contributed by atoms with E-state index in [9.17, 15) is 4.79 Å². The Kier molecular flexibility index (Phi) is 3.81. The minimum atomic E-state index is -0.0282. The smallest absolute Gasteiger partial charge is 0.219 e. The van der Waals surface area contributed by atoms with Crippen LogP contribution in [0.1, 0.15) is 25.5 Å². The molecule has 1 aliphatic rings. The molecule has 1 atom stereocenters. The number of aromatic nitrogens is 1. The highest BCUT2D eigenvalue weighted by atomic mass is 16.2. The van der Waals surface area contributed by atoms with E-state index >= 15 is 0 Å². The van der Waals surface area contributed by atoms with Gasteiger partial charge in [-0.3, -0.25) is 4.79 Å². The fourth-order valence-corrected chi connectivity index (χ4v) is 2.26. The first kappa shape index (κ1) is 12.8. The Bertz CT molecular complexity index is 425. The van der Waals surface area contributed by atoms with Crippen molar-refractivity contribution < 1.29 is 4.79 Å². The molecule has 2 heterocycles. The zero-order chi connectivity index (χ0) is 13.1. The van der Waals surface area contributed by atoms with Crippen LogP contribution in [-0.2, 0) is 4.79 Å². The van der Waals surface area contributed by atoms with Crippen molar-refractivity contribution in [1.29, 1.82) is 0 Å². The number of piperazine rings is 1. The summed E-state index contributed by atoms with van der Waals surface area (Å²) in [5.74, 6) is 1.10. The number of anilines is 1. The molecule has 1 aromatic heterocycles. The monoisotopic (exact) mass is 248 g/mol. The van der Waals surface area contributed by atoms with Crippen LogP contribution in [0, 0.1) is 0 Å². The lowest BCUT2D eigenvalue weighted by Crippen LogP contribution is -2.48. The highest BCUT2D eigenvalue weighted by molar-refractivity contribution is 5.73. The van der Waals surface area contributed by atoms with E-state index in [0.29, 0.717) is 0 Å². The minimum absolute atomic E-state index is 0.0282. The Hall–Kier alpha value is -1.62. The normalized spacial score (nSPS) is 17.7. The predicted octanol–water partition coefficient (Wildman–Crippen LogP) is 0.770. The third-order valence-electron chi connectivity index (χ3n) is 3.33. The lowest BCUT2D eigenvalue weighted by atomic mass is 10.1. The molecule has 0 saturated carbocycles. The summed E-state index contributed by atoms with van der Waals surface area (Å²) in [4.78, 5) is 19.8. The zero-order valence-corrected chi connectivity index (χ0v) is 11.0. The maximum Gasteiger partial charge on any atom is 0.219 e. The van der Waals surface area contributed by atoms with E-state index in [2.05, 4.69) is 9.88 Å². The molecule has 0 aromatic carbocycles. The summed E-state index contributed by atoms with van der Waals surface area (Å²) in [6.45, 7) is 6.72. The fourth-order valence-electron chi connectivity index (χ4n) is 2.26. The lowest BCUT2D eigenvalue weighted by Gasteiger charge is -2.36. The van der Waals surface area contributed by atoms with E-state index in [4.69, 9.17) is 5.73 Å². The zero-order valence-electron chi connectivity index (χ0n) is 11.0. The number of carbonyl (C=O) groups is 1. The van der Waals surface area contributed by atoms with Crippen LogP contribution in [0.3, 0.4) is 0 Å². The molecule has 1 fully saturated rings. The van der Waals surface area contributed by atoms with Gasteiger partial charge in [0.15, 0.2) is 0 Å². The fraction of sp³-hybridized carbons (Fsp3) is 0.538. The van der Waals surface area contributed by atoms with Gasteiger partial charge in [-0.25, -0.2) is 4.98 Å². The topological polar surface area (TPSA) is 62.5 Å². The summed E-state index contributed by atoms with van der Waals surface area (Å²) < 4.78 is 0. The third kappa shape index (κ3) is 2.61. The van der Waals surface area contributed by atoms with Crippen LogP contribution in [-0.4, -0.2) is 42.0 Å². The second kappa shape index (κ2) is 5.35. The second-order valence-electron chi connectivity index (χ2n) is 4.70. The molecule has 1 aromatic rings. The first-order chi connectivity index (χ1) is 8.59. The van der Waals surface area contributed by atoms with Gasteiger partial charge in [0.05, 0.1) is 0 Å². The summed E-state index contributed by atoms with van der Waals surface area (Å²) in [5, 5.41) is 0. The molecule has 1 saturated heterocycles. The Morgan fingerprint density at radius 3 is 2.61 bits per heavy atom. The highest BCUT2D eigenvalue weighted by Crippen LogP contribution is 2.23. The molecule has 0 aliphatic carbocycles. The number of amides is 1. The van der Waals surface area contributed by atoms with E-state index in [1.807, 2.05) is 24.0 Å². The average molecular weight is 248 g/mol. The molecule has 0 spiro atoms. The van der Waals surface area contributed by atoms with Crippen molar-refractivity contribution in [2.75, 3.05) is 31.1 Å². The summed E-state index contributed by atoms with van der Waals surface area (Å²) in [6.07, 6.45) is 1.79. The Labute approximate surface area is 108 Å². The van der Waals surface area contributed by atoms with E-state index in [-0.39, 0.29) is 11.9 Å². The standard InChI is InChI=1S/C13H20N4O/c1-10(14)12-4-3-5-15-13(12)17-8-6-16(7-9-17)11(2)18/h3-5,10H,6-9,14H2,1-2H3/t10-/m1/s1. The molecule has 5 nitrogen and oxygen atoms in total. The Balaban J connectivity index is 2.12. The van der Waals surface area contributed by atoms with Crippen LogP contribution in [0.15, 0.2) is 18.3 Å². The van der Waals surface area contributed by atoms with Gasteiger partial charge in [-0.2, -0.15) is 0 Å². The second-order valence-corrected chi connectivity index (χ2v) is 4.70. The van der Waals surface area contributed by atoms with Gasteiger partial charge in [0.25, 0.3) is 0 Å². The van der Waals surface area contributed by atoms with Crippen LogP contribution >= 0.6 is 0 Å². The van der Waals surface area contributed by atoms with Gasteiger partial charge in [0.1, 0.15) is 5.82 Å². The Morgan fingerprint density at radius 1 is 1.39 bits per heavy atom. The molecule has 98 valence electrons. The number of hydrogen-bond acceptors (Lipinski definition) is 4. The number of nitrogens with two attached hydrogens (primary N) is 1. The molecule has 1 amide bonds. The van der Waals surface area contributed by atoms with Crippen LogP contribution in [0.4, 0.5) is 5.82 Å². The van der Waals surface area contributed by atoms with Crippen LogP contribution in [0.25, 0.3) is 0 Å². The number of carbonyl (C=O) groups excluding carboxylic acids is 1. The van der Waals surface area contributed by atoms with Gasteiger partial charge in [0, 0.05) is 50.9 Å². The number of rotatable bonds is 2.